The number of hydrogen-bond acceptors (Lipinski definition) is 5. The fourth-order valence-electron chi connectivity index (χ4n) is 4.86. The number of halogens is 2. The number of anilines is 1. The van der Waals surface area contributed by atoms with E-state index in [-0.39, 0.29) is 40.6 Å². The third-order valence-corrected chi connectivity index (χ3v) is 8.09. The maximum Gasteiger partial charge on any atom is 0.253 e. The van der Waals surface area contributed by atoms with Crippen molar-refractivity contribution < 1.29 is 24.0 Å². The highest BCUT2D eigenvalue weighted by Gasteiger charge is 2.22. The Hall–Kier alpha value is -4.47. The van der Waals surface area contributed by atoms with E-state index in [1.54, 1.807) is 36.4 Å². The molecule has 0 aromatic heterocycles. The van der Waals surface area contributed by atoms with E-state index in [9.17, 15) is 24.0 Å². The van der Waals surface area contributed by atoms with Gasteiger partial charge in [0.1, 0.15) is 6.04 Å². The summed E-state index contributed by atoms with van der Waals surface area (Å²) < 4.78 is 0. The predicted octanol–water partition coefficient (Wildman–Crippen LogP) is 7.16. The zero-order chi connectivity index (χ0) is 35.8. The summed E-state index contributed by atoms with van der Waals surface area (Å²) in [5.41, 5.74) is 3.43. The van der Waals surface area contributed by atoms with Crippen LogP contribution in [0.1, 0.15) is 84.2 Å². The van der Waals surface area contributed by atoms with E-state index in [0.717, 1.165) is 30.4 Å². The van der Waals surface area contributed by atoms with Crippen molar-refractivity contribution in [3.63, 3.8) is 0 Å². The van der Waals surface area contributed by atoms with Gasteiger partial charge < -0.3 is 21.3 Å². The third kappa shape index (κ3) is 14.3. The van der Waals surface area contributed by atoms with Crippen LogP contribution in [-0.4, -0.2) is 48.5 Å². The molecule has 49 heavy (non-hydrogen) atoms. The molecule has 9 nitrogen and oxygen atoms in total. The largest absolute Gasteiger partial charge is 0.354 e. The number of ketones is 1. The average molecular weight is 708 g/mol. The molecule has 0 aliphatic carbocycles. The predicted molar refractivity (Wildman–Crippen MR) is 196 cm³/mol. The van der Waals surface area contributed by atoms with Crippen LogP contribution in [0.5, 0.6) is 0 Å². The number of amides is 4. The SMILES string of the molecule is Cc1ccc(/C=C/C(=O)c2ccc(NC(=O)CCCCCCNC(=O)[C@H](CC(C)C)NC(=O)CNC(=O)c3cc(Cl)ccc3Cl)cc2)cc1. The van der Waals surface area contributed by atoms with E-state index in [0.29, 0.717) is 42.1 Å². The monoisotopic (exact) mass is 706 g/mol. The molecule has 0 heterocycles. The van der Waals surface area contributed by atoms with Gasteiger partial charge in [0, 0.05) is 29.2 Å². The lowest BCUT2D eigenvalue weighted by Gasteiger charge is -2.20. The summed E-state index contributed by atoms with van der Waals surface area (Å²) in [6.07, 6.45) is 7.16. The fourth-order valence-corrected chi connectivity index (χ4v) is 5.24. The van der Waals surface area contributed by atoms with Gasteiger partial charge in [-0.05, 0) is 86.2 Å². The fraction of sp³-hybridized carbons (Fsp3) is 0.342. The van der Waals surface area contributed by atoms with Gasteiger partial charge in [0.05, 0.1) is 17.1 Å². The molecule has 0 unspecified atom stereocenters. The average Bonchev–Trinajstić information content (AvgIpc) is 3.07. The highest BCUT2D eigenvalue weighted by atomic mass is 35.5. The zero-order valence-electron chi connectivity index (χ0n) is 28.1. The van der Waals surface area contributed by atoms with E-state index in [1.807, 2.05) is 45.0 Å². The van der Waals surface area contributed by atoms with Gasteiger partial charge in [0.2, 0.25) is 17.7 Å². The number of benzene rings is 3. The van der Waals surface area contributed by atoms with E-state index in [1.165, 1.54) is 18.2 Å². The zero-order valence-corrected chi connectivity index (χ0v) is 29.6. The Labute approximate surface area is 298 Å². The Morgan fingerprint density at radius 3 is 2.18 bits per heavy atom. The Bertz CT molecular complexity index is 1620. The van der Waals surface area contributed by atoms with Gasteiger partial charge in [-0.3, -0.25) is 24.0 Å². The van der Waals surface area contributed by atoms with Gasteiger partial charge >= 0.3 is 0 Å². The molecule has 0 saturated carbocycles. The molecular weight excluding hydrogens is 663 g/mol. The van der Waals surface area contributed by atoms with E-state index in [2.05, 4.69) is 21.3 Å². The molecule has 0 bridgehead atoms. The molecule has 3 aromatic rings. The molecule has 3 rings (SSSR count). The summed E-state index contributed by atoms with van der Waals surface area (Å²) in [5.74, 6) is -1.41. The van der Waals surface area contributed by atoms with E-state index >= 15 is 0 Å². The number of carbonyl (C=O) groups excluding carboxylic acids is 5. The van der Waals surface area contributed by atoms with Crippen molar-refractivity contribution in [3.8, 4) is 0 Å². The Balaban J connectivity index is 1.31. The first-order chi connectivity index (χ1) is 23.4. The van der Waals surface area contributed by atoms with Crippen LogP contribution in [0.15, 0.2) is 72.8 Å². The highest BCUT2D eigenvalue weighted by molar-refractivity contribution is 6.35. The molecule has 1 atom stereocenters. The van der Waals surface area contributed by atoms with Crippen LogP contribution < -0.4 is 21.3 Å². The molecule has 0 fully saturated rings. The van der Waals surface area contributed by atoms with E-state index < -0.39 is 17.9 Å². The maximum atomic E-state index is 12.8. The lowest BCUT2D eigenvalue weighted by atomic mass is 10.0. The Kier molecular flexibility index (Phi) is 16.0. The van der Waals surface area contributed by atoms with Crippen molar-refractivity contribution in [3.05, 3.63) is 105 Å². The summed E-state index contributed by atoms with van der Waals surface area (Å²) in [5, 5.41) is 11.5. The first-order valence-corrected chi connectivity index (χ1v) is 17.2. The van der Waals surface area contributed by atoms with Crippen molar-refractivity contribution >= 4 is 64.4 Å². The highest BCUT2D eigenvalue weighted by Crippen LogP contribution is 2.20. The third-order valence-electron chi connectivity index (χ3n) is 7.53. The van der Waals surface area contributed by atoms with Crippen LogP contribution in [-0.2, 0) is 14.4 Å². The van der Waals surface area contributed by atoms with Crippen LogP contribution >= 0.6 is 23.2 Å². The molecule has 260 valence electrons. The smallest absolute Gasteiger partial charge is 0.253 e. The summed E-state index contributed by atoms with van der Waals surface area (Å²) in [7, 11) is 0. The van der Waals surface area contributed by atoms with Crippen molar-refractivity contribution in [1.82, 2.24) is 16.0 Å². The van der Waals surface area contributed by atoms with Crippen LogP contribution in [0, 0.1) is 12.8 Å². The molecule has 0 saturated heterocycles. The number of carbonyl (C=O) groups is 5. The van der Waals surface area contributed by atoms with Crippen molar-refractivity contribution in [2.24, 2.45) is 5.92 Å². The number of aryl methyl sites for hydroxylation is 1. The molecule has 3 aromatic carbocycles. The topological polar surface area (TPSA) is 133 Å². The van der Waals surface area contributed by atoms with Gasteiger partial charge in [-0.1, -0.05) is 85.8 Å². The number of nitrogens with one attached hydrogen (secondary N) is 4. The first-order valence-electron chi connectivity index (χ1n) is 16.4. The van der Waals surface area contributed by atoms with Gasteiger partial charge in [0.15, 0.2) is 5.78 Å². The second-order valence-electron chi connectivity index (χ2n) is 12.2. The number of rotatable bonds is 18. The Morgan fingerprint density at radius 2 is 1.49 bits per heavy atom. The summed E-state index contributed by atoms with van der Waals surface area (Å²) >= 11 is 12.0. The minimum atomic E-state index is -0.745. The van der Waals surface area contributed by atoms with E-state index in [4.69, 9.17) is 23.2 Å². The van der Waals surface area contributed by atoms with Crippen LogP contribution in [0.2, 0.25) is 10.0 Å². The van der Waals surface area contributed by atoms with Gasteiger partial charge in [-0.2, -0.15) is 0 Å². The lowest BCUT2D eigenvalue weighted by Crippen LogP contribution is -2.50. The number of unbranched alkanes of at least 4 members (excludes halogenated alkanes) is 3. The summed E-state index contributed by atoms with van der Waals surface area (Å²) in [4.78, 5) is 62.7. The minimum absolute atomic E-state index is 0.106. The van der Waals surface area contributed by atoms with Gasteiger partial charge in [0.25, 0.3) is 5.91 Å². The Morgan fingerprint density at radius 1 is 0.796 bits per heavy atom. The van der Waals surface area contributed by atoms with Crippen LogP contribution in [0.4, 0.5) is 5.69 Å². The quantitative estimate of drug-likeness (QED) is 0.0633. The molecule has 4 amide bonds. The summed E-state index contributed by atoms with van der Waals surface area (Å²) in [6.45, 7) is 6.03. The number of hydrogen-bond donors (Lipinski definition) is 4. The second kappa shape index (κ2) is 20.1. The summed E-state index contributed by atoms with van der Waals surface area (Å²) in [6, 6.07) is 18.4. The molecule has 0 aliphatic rings. The molecule has 4 N–H and O–H groups in total. The van der Waals surface area contributed by atoms with Crippen molar-refractivity contribution in [2.75, 3.05) is 18.4 Å². The normalized spacial score (nSPS) is 11.6. The molecule has 0 aliphatic heterocycles. The molecule has 0 spiro atoms. The van der Waals surface area contributed by atoms with Crippen molar-refractivity contribution in [2.45, 2.75) is 65.3 Å². The van der Waals surface area contributed by atoms with Gasteiger partial charge in [-0.25, -0.2) is 0 Å². The second-order valence-corrected chi connectivity index (χ2v) is 13.1. The molecule has 0 radical (unpaired) electrons. The van der Waals surface area contributed by atoms with Gasteiger partial charge in [-0.15, -0.1) is 0 Å². The standard InChI is InChI=1S/C38H44Cl2N4O5/c1-25(2)22-33(44-36(47)24-42-37(48)31-23-29(39)16-19-32(31)40)38(49)41-21-7-5-4-6-8-35(46)43-30-17-14-28(15-18-30)34(45)20-13-27-11-9-26(3)10-12-27/h9-20,23,25,33H,4-8,21-22,24H2,1-3H3,(H,41,49)(H,42,48)(H,43,46)(H,44,47)/b20-13+/t33-/m0/s1. The lowest BCUT2D eigenvalue weighted by molar-refractivity contribution is -0.128. The van der Waals surface area contributed by atoms with Crippen LogP contribution in [0.3, 0.4) is 0 Å². The molecule has 11 heteroatoms. The molecular formula is C38H44Cl2N4O5. The first kappa shape index (κ1) is 39.0. The minimum Gasteiger partial charge on any atom is -0.354 e. The maximum absolute atomic E-state index is 12.8. The number of allylic oxidation sites excluding steroid dienone is 1. The van der Waals surface area contributed by atoms with Crippen LogP contribution in [0.25, 0.3) is 6.08 Å². The van der Waals surface area contributed by atoms with Crippen molar-refractivity contribution in [1.29, 1.82) is 0 Å².